The molecule has 0 unspecified atom stereocenters. The minimum absolute atomic E-state index is 0.0626. The van der Waals surface area contributed by atoms with Crippen LogP contribution in [0, 0.1) is 5.92 Å². The number of aliphatic hydroxyl groups is 1. The fourth-order valence-corrected chi connectivity index (χ4v) is 0.730. The molecule has 1 atom stereocenters. The van der Waals surface area contributed by atoms with Gasteiger partial charge >= 0.3 is 0 Å². The van der Waals surface area contributed by atoms with E-state index in [0.717, 1.165) is 25.2 Å². The molecule has 0 saturated heterocycles. The van der Waals surface area contributed by atoms with E-state index in [-0.39, 0.29) is 6.10 Å². The van der Waals surface area contributed by atoms with Gasteiger partial charge in [0.1, 0.15) is 0 Å². The molecule has 0 amide bonds. The van der Waals surface area contributed by atoms with Crippen molar-refractivity contribution >= 4 is 0 Å². The van der Waals surface area contributed by atoms with E-state index < -0.39 is 0 Å². The summed E-state index contributed by atoms with van der Waals surface area (Å²) in [5.41, 5.74) is 0. The molecule has 0 aromatic rings. The van der Waals surface area contributed by atoms with Crippen molar-refractivity contribution in [3.8, 4) is 0 Å². The lowest BCUT2D eigenvalue weighted by Crippen LogP contribution is -2.05. The summed E-state index contributed by atoms with van der Waals surface area (Å²) in [6.45, 7) is 6.38. The SMILES string of the molecule is CC[C@H](O)CCC(C)C. The highest BCUT2D eigenvalue weighted by molar-refractivity contribution is 4.53. The van der Waals surface area contributed by atoms with Crippen LogP contribution in [0.25, 0.3) is 0 Å². The summed E-state index contributed by atoms with van der Waals surface area (Å²) in [6, 6.07) is 0. The number of hydrogen-bond acceptors (Lipinski definition) is 1. The molecule has 0 aliphatic rings. The minimum atomic E-state index is -0.0626. The second-order valence-electron chi connectivity index (χ2n) is 3.03. The lowest BCUT2D eigenvalue weighted by Gasteiger charge is -2.08. The summed E-state index contributed by atoms with van der Waals surface area (Å²) in [4.78, 5) is 0. The van der Waals surface area contributed by atoms with Gasteiger partial charge in [0.15, 0.2) is 0 Å². The van der Waals surface area contributed by atoms with Gasteiger partial charge in [-0.05, 0) is 25.2 Å². The first-order valence-electron chi connectivity index (χ1n) is 3.84. The molecule has 0 saturated carbocycles. The van der Waals surface area contributed by atoms with E-state index in [2.05, 4.69) is 13.8 Å². The van der Waals surface area contributed by atoms with E-state index in [9.17, 15) is 0 Å². The van der Waals surface area contributed by atoms with Gasteiger partial charge in [0.25, 0.3) is 0 Å². The third kappa shape index (κ3) is 5.84. The summed E-state index contributed by atoms with van der Waals surface area (Å²) in [5, 5.41) is 9.11. The van der Waals surface area contributed by atoms with Gasteiger partial charge in [0.05, 0.1) is 6.10 Å². The first-order valence-corrected chi connectivity index (χ1v) is 3.84. The van der Waals surface area contributed by atoms with Crippen LogP contribution in [0.2, 0.25) is 0 Å². The van der Waals surface area contributed by atoms with Crippen LogP contribution in [-0.2, 0) is 0 Å². The maximum absolute atomic E-state index is 9.11. The van der Waals surface area contributed by atoms with Crippen molar-refractivity contribution in [2.24, 2.45) is 5.92 Å². The van der Waals surface area contributed by atoms with Crippen LogP contribution in [0.5, 0.6) is 0 Å². The Morgan fingerprint density at radius 2 is 1.78 bits per heavy atom. The number of aliphatic hydroxyl groups excluding tert-OH is 1. The van der Waals surface area contributed by atoms with Crippen LogP contribution in [0.1, 0.15) is 40.0 Å². The Labute approximate surface area is 58.1 Å². The van der Waals surface area contributed by atoms with Crippen molar-refractivity contribution in [1.82, 2.24) is 0 Å². The molecule has 0 heterocycles. The van der Waals surface area contributed by atoms with Crippen LogP contribution in [0.3, 0.4) is 0 Å². The molecular weight excluding hydrogens is 112 g/mol. The first kappa shape index (κ1) is 8.96. The van der Waals surface area contributed by atoms with Gasteiger partial charge in [-0.25, -0.2) is 0 Å². The highest BCUT2D eigenvalue weighted by Gasteiger charge is 2.00. The predicted octanol–water partition coefficient (Wildman–Crippen LogP) is 2.19. The zero-order valence-corrected chi connectivity index (χ0v) is 6.72. The molecule has 0 aromatic carbocycles. The third-order valence-corrected chi connectivity index (χ3v) is 1.55. The highest BCUT2D eigenvalue weighted by Crippen LogP contribution is 2.07. The standard InChI is InChI=1S/C8H18O/c1-4-8(9)6-5-7(2)3/h7-9H,4-6H2,1-3H3/t8-/m0/s1. The molecule has 0 aliphatic heterocycles. The van der Waals surface area contributed by atoms with Crippen LogP contribution in [0.4, 0.5) is 0 Å². The van der Waals surface area contributed by atoms with Crippen molar-refractivity contribution in [3.05, 3.63) is 0 Å². The quantitative estimate of drug-likeness (QED) is 0.618. The average Bonchev–Trinajstić information content (AvgIpc) is 1.83. The van der Waals surface area contributed by atoms with Crippen molar-refractivity contribution in [1.29, 1.82) is 0 Å². The van der Waals surface area contributed by atoms with Crippen LogP contribution < -0.4 is 0 Å². The summed E-state index contributed by atoms with van der Waals surface area (Å²) in [6.07, 6.45) is 2.95. The average molecular weight is 130 g/mol. The Morgan fingerprint density at radius 3 is 2.11 bits per heavy atom. The molecule has 1 N–H and O–H groups in total. The Hall–Kier alpha value is -0.0400. The topological polar surface area (TPSA) is 20.2 Å². The van der Waals surface area contributed by atoms with Gasteiger partial charge in [0, 0.05) is 0 Å². The van der Waals surface area contributed by atoms with E-state index in [1.807, 2.05) is 6.92 Å². The fourth-order valence-electron chi connectivity index (χ4n) is 0.730. The third-order valence-electron chi connectivity index (χ3n) is 1.55. The molecule has 56 valence electrons. The molecule has 0 rings (SSSR count). The van der Waals surface area contributed by atoms with Crippen molar-refractivity contribution in [2.45, 2.75) is 46.1 Å². The second kappa shape index (κ2) is 4.80. The largest absolute Gasteiger partial charge is 0.393 e. The van der Waals surface area contributed by atoms with Gasteiger partial charge in [-0.15, -0.1) is 0 Å². The molecule has 0 spiro atoms. The zero-order valence-electron chi connectivity index (χ0n) is 6.72. The highest BCUT2D eigenvalue weighted by atomic mass is 16.3. The van der Waals surface area contributed by atoms with Crippen LogP contribution >= 0.6 is 0 Å². The Balaban J connectivity index is 3.06. The molecule has 1 heteroatoms. The number of rotatable bonds is 4. The van der Waals surface area contributed by atoms with Gasteiger partial charge in [0.2, 0.25) is 0 Å². The molecule has 9 heavy (non-hydrogen) atoms. The van der Waals surface area contributed by atoms with E-state index in [1.165, 1.54) is 0 Å². The molecule has 0 aliphatic carbocycles. The van der Waals surface area contributed by atoms with Gasteiger partial charge < -0.3 is 5.11 Å². The molecule has 0 radical (unpaired) electrons. The number of hydrogen-bond donors (Lipinski definition) is 1. The second-order valence-corrected chi connectivity index (χ2v) is 3.03. The molecule has 1 nitrogen and oxygen atoms in total. The van der Waals surface area contributed by atoms with E-state index in [4.69, 9.17) is 5.11 Å². The lowest BCUT2D eigenvalue weighted by molar-refractivity contribution is 0.152. The monoisotopic (exact) mass is 130 g/mol. The van der Waals surface area contributed by atoms with Crippen molar-refractivity contribution in [3.63, 3.8) is 0 Å². The summed E-state index contributed by atoms with van der Waals surface area (Å²) < 4.78 is 0. The molecule has 0 fully saturated rings. The van der Waals surface area contributed by atoms with Crippen molar-refractivity contribution < 1.29 is 5.11 Å². The summed E-state index contributed by atoms with van der Waals surface area (Å²) in [5.74, 6) is 0.728. The normalized spacial score (nSPS) is 14.3. The minimum Gasteiger partial charge on any atom is -0.393 e. The zero-order chi connectivity index (χ0) is 7.28. The Kier molecular flexibility index (Phi) is 4.78. The molecule has 0 bridgehead atoms. The smallest absolute Gasteiger partial charge is 0.0537 e. The Morgan fingerprint density at radius 1 is 1.22 bits per heavy atom. The van der Waals surface area contributed by atoms with Gasteiger partial charge in [-0.2, -0.15) is 0 Å². The lowest BCUT2D eigenvalue weighted by atomic mass is 10.0. The van der Waals surface area contributed by atoms with Crippen LogP contribution in [-0.4, -0.2) is 11.2 Å². The predicted molar refractivity (Wildman–Crippen MR) is 40.4 cm³/mol. The molecular formula is C8H18O. The van der Waals surface area contributed by atoms with E-state index >= 15 is 0 Å². The van der Waals surface area contributed by atoms with Crippen LogP contribution in [0.15, 0.2) is 0 Å². The fraction of sp³-hybridized carbons (Fsp3) is 1.00. The van der Waals surface area contributed by atoms with E-state index in [0.29, 0.717) is 0 Å². The summed E-state index contributed by atoms with van der Waals surface area (Å²) >= 11 is 0. The molecule has 0 aromatic heterocycles. The maximum atomic E-state index is 9.11. The first-order chi connectivity index (χ1) is 4.16. The van der Waals surface area contributed by atoms with Gasteiger partial charge in [-0.1, -0.05) is 20.8 Å². The Bertz CT molecular complexity index is 59.6. The van der Waals surface area contributed by atoms with Crippen molar-refractivity contribution in [2.75, 3.05) is 0 Å². The van der Waals surface area contributed by atoms with E-state index in [1.54, 1.807) is 0 Å². The summed E-state index contributed by atoms with van der Waals surface area (Å²) in [7, 11) is 0. The van der Waals surface area contributed by atoms with Gasteiger partial charge in [-0.3, -0.25) is 0 Å². The maximum Gasteiger partial charge on any atom is 0.0537 e.